The fraction of sp³-hybridized carbons (Fsp3) is 0.476. The minimum absolute atomic E-state index is 0.0265. The zero-order chi connectivity index (χ0) is 18.1. The van der Waals surface area contributed by atoms with Crippen LogP contribution < -0.4 is 0 Å². The zero-order valence-electron chi connectivity index (χ0n) is 15.5. The van der Waals surface area contributed by atoms with Gasteiger partial charge in [0.2, 0.25) is 0 Å². The number of hydrogen-bond acceptors (Lipinski definition) is 4. The maximum absolute atomic E-state index is 12.8. The molecule has 0 unspecified atom stereocenters. The molecular weight excluding hydrogens is 328 g/mol. The van der Waals surface area contributed by atoms with Crippen molar-refractivity contribution in [3.63, 3.8) is 0 Å². The summed E-state index contributed by atoms with van der Waals surface area (Å²) in [5.74, 6) is 0.387. The largest absolute Gasteiger partial charge is 0.459 e. The van der Waals surface area contributed by atoms with Crippen LogP contribution in [0.4, 0.5) is 0 Å². The standard InChI is InChI=1S/C21H26N2O3/c1-15-5-6-17(12-16(15)2)13-22-8-7-19-18(14-22)23(9-11-26-19)21(24)20-4-3-10-25-20/h3-6,10,12,18-19H,7-9,11,13-14H2,1-2H3/t18-,19-/m1/s1. The van der Waals surface area contributed by atoms with E-state index in [9.17, 15) is 4.79 Å². The summed E-state index contributed by atoms with van der Waals surface area (Å²) in [5.41, 5.74) is 3.98. The number of aryl methyl sites for hydroxylation is 2. The van der Waals surface area contributed by atoms with Crippen LogP contribution >= 0.6 is 0 Å². The van der Waals surface area contributed by atoms with Crippen LogP contribution in [-0.4, -0.2) is 54.1 Å². The van der Waals surface area contributed by atoms with Crippen LogP contribution in [0, 0.1) is 13.8 Å². The van der Waals surface area contributed by atoms with Crippen molar-refractivity contribution < 1.29 is 13.9 Å². The Hall–Kier alpha value is -2.11. The number of ether oxygens (including phenoxy) is 1. The second kappa shape index (κ2) is 7.25. The van der Waals surface area contributed by atoms with Gasteiger partial charge in [0, 0.05) is 26.2 Å². The summed E-state index contributed by atoms with van der Waals surface area (Å²) < 4.78 is 11.3. The van der Waals surface area contributed by atoms with Gasteiger partial charge in [-0.05, 0) is 49.1 Å². The van der Waals surface area contributed by atoms with E-state index in [1.54, 1.807) is 18.4 Å². The SMILES string of the molecule is Cc1ccc(CN2CC[C@H]3OCCN(C(=O)c4ccco4)[C@@H]3C2)cc1C. The number of carbonyl (C=O) groups is 1. The Bertz CT molecular complexity index is 772. The highest BCUT2D eigenvalue weighted by Crippen LogP contribution is 2.26. The lowest BCUT2D eigenvalue weighted by Crippen LogP contribution is -2.61. The van der Waals surface area contributed by atoms with E-state index < -0.39 is 0 Å². The van der Waals surface area contributed by atoms with Gasteiger partial charge in [-0.15, -0.1) is 0 Å². The van der Waals surface area contributed by atoms with Crippen molar-refractivity contribution in [1.82, 2.24) is 9.80 Å². The smallest absolute Gasteiger partial charge is 0.290 e. The Morgan fingerprint density at radius 1 is 1.19 bits per heavy atom. The van der Waals surface area contributed by atoms with Crippen LogP contribution in [0.25, 0.3) is 0 Å². The predicted octanol–water partition coefficient (Wildman–Crippen LogP) is 3.01. The minimum Gasteiger partial charge on any atom is -0.459 e. The van der Waals surface area contributed by atoms with Crippen molar-refractivity contribution in [1.29, 1.82) is 0 Å². The number of likely N-dealkylation sites (tertiary alicyclic amines) is 1. The first-order chi connectivity index (χ1) is 12.6. The number of amides is 1. The van der Waals surface area contributed by atoms with E-state index in [2.05, 4.69) is 36.9 Å². The van der Waals surface area contributed by atoms with E-state index >= 15 is 0 Å². The molecule has 0 N–H and O–H groups in total. The highest BCUT2D eigenvalue weighted by molar-refractivity contribution is 5.91. The molecule has 5 heteroatoms. The van der Waals surface area contributed by atoms with Gasteiger partial charge in [-0.25, -0.2) is 0 Å². The molecule has 0 bridgehead atoms. The number of carbonyl (C=O) groups excluding carboxylic acids is 1. The van der Waals surface area contributed by atoms with Gasteiger partial charge < -0.3 is 14.1 Å². The molecule has 2 aliphatic heterocycles. The summed E-state index contributed by atoms with van der Waals surface area (Å²) in [6, 6.07) is 10.2. The number of morpholine rings is 1. The fourth-order valence-corrected chi connectivity index (χ4v) is 4.04. The summed E-state index contributed by atoms with van der Waals surface area (Å²) in [7, 11) is 0. The molecule has 1 aromatic carbocycles. The molecule has 1 aromatic heterocycles. The van der Waals surface area contributed by atoms with E-state index in [1.165, 1.54) is 16.7 Å². The normalized spacial score (nSPS) is 23.7. The first-order valence-corrected chi connectivity index (χ1v) is 9.36. The highest BCUT2D eigenvalue weighted by atomic mass is 16.5. The second-order valence-electron chi connectivity index (χ2n) is 7.39. The fourth-order valence-electron chi connectivity index (χ4n) is 4.04. The molecule has 5 nitrogen and oxygen atoms in total. The Kier molecular flexibility index (Phi) is 4.83. The lowest BCUT2D eigenvalue weighted by atomic mass is 9.97. The molecule has 2 atom stereocenters. The van der Waals surface area contributed by atoms with Crippen molar-refractivity contribution in [3.05, 3.63) is 59.0 Å². The van der Waals surface area contributed by atoms with Gasteiger partial charge in [0.1, 0.15) is 0 Å². The molecule has 0 radical (unpaired) electrons. The second-order valence-corrected chi connectivity index (χ2v) is 7.39. The van der Waals surface area contributed by atoms with Gasteiger partial charge in [0.05, 0.1) is 25.0 Å². The molecule has 0 spiro atoms. The number of nitrogens with zero attached hydrogens (tertiary/aromatic N) is 2. The van der Waals surface area contributed by atoms with Crippen LogP contribution in [0.15, 0.2) is 41.0 Å². The van der Waals surface area contributed by atoms with E-state index in [0.29, 0.717) is 18.9 Å². The average molecular weight is 354 g/mol. The van der Waals surface area contributed by atoms with Crippen LogP contribution in [-0.2, 0) is 11.3 Å². The van der Waals surface area contributed by atoms with E-state index in [0.717, 1.165) is 26.1 Å². The summed E-state index contributed by atoms with van der Waals surface area (Å²) in [4.78, 5) is 17.2. The van der Waals surface area contributed by atoms with E-state index in [-0.39, 0.29) is 18.1 Å². The molecule has 26 heavy (non-hydrogen) atoms. The molecule has 2 aromatic rings. The Labute approximate surface area is 154 Å². The van der Waals surface area contributed by atoms with Crippen LogP contribution in [0.1, 0.15) is 33.7 Å². The lowest BCUT2D eigenvalue weighted by Gasteiger charge is -2.46. The molecule has 0 saturated carbocycles. The van der Waals surface area contributed by atoms with Crippen LogP contribution in [0.3, 0.4) is 0 Å². The van der Waals surface area contributed by atoms with Gasteiger partial charge in [0.15, 0.2) is 5.76 Å². The maximum atomic E-state index is 12.8. The molecule has 4 rings (SSSR count). The average Bonchev–Trinajstić information content (AvgIpc) is 3.18. The first-order valence-electron chi connectivity index (χ1n) is 9.36. The molecule has 2 saturated heterocycles. The molecule has 2 aliphatic rings. The van der Waals surface area contributed by atoms with Crippen molar-refractivity contribution in [2.75, 3.05) is 26.2 Å². The van der Waals surface area contributed by atoms with Crippen LogP contribution in [0.2, 0.25) is 0 Å². The van der Waals surface area contributed by atoms with Crippen molar-refractivity contribution in [2.45, 2.75) is 39.0 Å². The van der Waals surface area contributed by atoms with Crippen molar-refractivity contribution in [2.24, 2.45) is 0 Å². The van der Waals surface area contributed by atoms with E-state index in [4.69, 9.17) is 9.15 Å². The highest BCUT2D eigenvalue weighted by Gasteiger charge is 2.40. The van der Waals surface area contributed by atoms with Crippen LogP contribution in [0.5, 0.6) is 0 Å². The Morgan fingerprint density at radius 2 is 2.08 bits per heavy atom. The minimum atomic E-state index is -0.0265. The summed E-state index contributed by atoms with van der Waals surface area (Å²) in [5, 5.41) is 0. The van der Waals surface area contributed by atoms with Gasteiger partial charge in [-0.2, -0.15) is 0 Å². The third-order valence-corrected chi connectivity index (χ3v) is 5.64. The molecule has 0 aliphatic carbocycles. The number of furan rings is 1. The summed E-state index contributed by atoms with van der Waals surface area (Å²) >= 11 is 0. The number of benzene rings is 1. The van der Waals surface area contributed by atoms with Crippen molar-refractivity contribution >= 4 is 5.91 Å². The molecule has 2 fully saturated rings. The maximum Gasteiger partial charge on any atom is 0.290 e. The summed E-state index contributed by atoms with van der Waals surface area (Å²) in [6.07, 6.45) is 2.63. The molecule has 138 valence electrons. The quantitative estimate of drug-likeness (QED) is 0.850. The number of fused-ring (bicyclic) bond motifs is 1. The monoisotopic (exact) mass is 354 g/mol. The Balaban J connectivity index is 1.48. The number of hydrogen-bond donors (Lipinski definition) is 0. The van der Waals surface area contributed by atoms with Gasteiger partial charge in [-0.1, -0.05) is 18.2 Å². The van der Waals surface area contributed by atoms with Gasteiger partial charge in [0.25, 0.3) is 5.91 Å². The number of piperidine rings is 1. The van der Waals surface area contributed by atoms with Gasteiger partial charge >= 0.3 is 0 Å². The van der Waals surface area contributed by atoms with Crippen molar-refractivity contribution in [3.8, 4) is 0 Å². The predicted molar refractivity (Wildman–Crippen MR) is 99.1 cm³/mol. The topological polar surface area (TPSA) is 45.9 Å². The number of rotatable bonds is 3. The third kappa shape index (κ3) is 3.41. The molecule has 3 heterocycles. The summed E-state index contributed by atoms with van der Waals surface area (Å²) in [6.45, 7) is 8.27. The zero-order valence-corrected chi connectivity index (χ0v) is 15.5. The molecular formula is C21H26N2O3. The van der Waals surface area contributed by atoms with E-state index in [1.807, 2.05) is 4.90 Å². The Morgan fingerprint density at radius 3 is 2.85 bits per heavy atom. The first kappa shape index (κ1) is 17.3. The lowest BCUT2D eigenvalue weighted by molar-refractivity contribution is -0.0919. The third-order valence-electron chi connectivity index (χ3n) is 5.64. The molecule has 1 amide bonds. The van der Waals surface area contributed by atoms with Gasteiger partial charge in [-0.3, -0.25) is 9.69 Å².